The van der Waals surface area contributed by atoms with Crippen molar-refractivity contribution in [3.63, 3.8) is 0 Å². The number of halogens is 1. The molecule has 0 spiro atoms. The van der Waals surface area contributed by atoms with Crippen LogP contribution in [-0.4, -0.2) is 19.2 Å². The molecule has 3 heteroatoms. The average molecular weight is 256 g/mol. The highest BCUT2D eigenvalue weighted by Crippen LogP contribution is 2.27. The summed E-state index contributed by atoms with van der Waals surface area (Å²) in [6, 6.07) is 6.18. The molecule has 0 unspecified atom stereocenters. The van der Waals surface area contributed by atoms with Gasteiger partial charge in [-0.25, -0.2) is 0 Å². The Balaban J connectivity index is 2.08. The third-order valence-corrected chi connectivity index (χ3v) is 3.02. The highest BCUT2D eigenvalue weighted by atomic mass is 79.9. The van der Waals surface area contributed by atoms with Gasteiger partial charge in [-0.1, -0.05) is 6.07 Å². The van der Waals surface area contributed by atoms with Gasteiger partial charge >= 0.3 is 0 Å². The minimum Gasteiger partial charge on any atom is -0.488 e. The molecule has 76 valence electrons. The Morgan fingerprint density at radius 2 is 2.36 bits per heavy atom. The molecule has 0 amide bonds. The van der Waals surface area contributed by atoms with Crippen LogP contribution in [0.25, 0.3) is 0 Å². The predicted molar refractivity (Wildman–Crippen MR) is 60.8 cm³/mol. The fraction of sp³-hybridized carbons (Fsp3) is 0.455. The zero-order chi connectivity index (χ0) is 9.97. The zero-order valence-corrected chi connectivity index (χ0v) is 9.80. The molecule has 2 rings (SSSR count). The Labute approximate surface area is 92.8 Å². The first kappa shape index (κ1) is 9.99. The number of benzene rings is 1. The second-order valence-electron chi connectivity index (χ2n) is 3.67. The van der Waals surface area contributed by atoms with Gasteiger partial charge in [0.2, 0.25) is 0 Å². The molecule has 1 aliphatic rings. The van der Waals surface area contributed by atoms with E-state index in [-0.39, 0.29) is 0 Å². The molecule has 1 aliphatic heterocycles. The van der Waals surface area contributed by atoms with E-state index in [1.54, 1.807) is 0 Å². The molecular weight excluding hydrogens is 242 g/mol. The third-order valence-electron chi connectivity index (χ3n) is 2.40. The van der Waals surface area contributed by atoms with Gasteiger partial charge in [0.1, 0.15) is 11.9 Å². The van der Waals surface area contributed by atoms with E-state index in [1.165, 1.54) is 5.56 Å². The van der Waals surface area contributed by atoms with Crippen molar-refractivity contribution < 1.29 is 4.74 Å². The van der Waals surface area contributed by atoms with Crippen molar-refractivity contribution in [2.24, 2.45) is 0 Å². The van der Waals surface area contributed by atoms with E-state index in [0.29, 0.717) is 6.10 Å². The molecule has 0 aromatic heterocycles. The lowest BCUT2D eigenvalue weighted by Gasteiger charge is -2.13. The Morgan fingerprint density at radius 3 is 3.00 bits per heavy atom. The lowest BCUT2D eigenvalue weighted by atomic mass is 10.2. The van der Waals surface area contributed by atoms with Crippen LogP contribution in [-0.2, 0) is 0 Å². The lowest BCUT2D eigenvalue weighted by molar-refractivity contribution is 0.221. The summed E-state index contributed by atoms with van der Waals surface area (Å²) >= 11 is 3.51. The van der Waals surface area contributed by atoms with E-state index in [9.17, 15) is 0 Å². The summed E-state index contributed by atoms with van der Waals surface area (Å²) < 4.78 is 6.90. The summed E-state index contributed by atoms with van der Waals surface area (Å²) in [4.78, 5) is 0. The standard InChI is InChI=1S/C11H14BrNO/c1-8-2-3-11(10(12)6-8)14-9-4-5-13-7-9/h2-3,6,9,13H,4-5,7H2,1H3/t9-/m0/s1. The summed E-state index contributed by atoms with van der Waals surface area (Å²) in [6.07, 6.45) is 1.43. The van der Waals surface area contributed by atoms with E-state index in [4.69, 9.17) is 4.74 Å². The molecular formula is C11H14BrNO. The minimum absolute atomic E-state index is 0.328. The van der Waals surface area contributed by atoms with Crippen LogP contribution in [0.2, 0.25) is 0 Å². The zero-order valence-electron chi connectivity index (χ0n) is 8.22. The molecule has 1 aromatic carbocycles. The first-order chi connectivity index (χ1) is 6.75. The summed E-state index contributed by atoms with van der Waals surface area (Å²) in [6.45, 7) is 4.10. The van der Waals surface area contributed by atoms with Crippen LogP contribution in [0.15, 0.2) is 22.7 Å². The molecule has 14 heavy (non-hydrogen) atoms. The quantitative estimate of drug-likeness (QED) is 0.877. The number of ether oxygens (including phenoxy) is 1. The normalized spacial score (nSPS) is 21.1. The van der Waals surface area contributed by atoms with E-state index >= 15 is 0 Å². The second kappa shape index (κ2) is 4.32. The summed E-state index contributed by atoms with van der Waals surface area (Å²) in [5, 5.41) is 3.28. The van der Waals surface area contributed by atoms with Gasteiger partial charge in [-0.2, -0.15) is 0 Å². The van der Waals surface area contributed by atoms with Crippen molar-refractivity contribution in [1.29, 1.82) is 0 Å². The van der Waals surface area contributed by atoms with Crippen molar-refractivity contribution in [2.75, 3.05) is 13.1 Å². The van der Waals surface area contributed by atoms with E-state index in [2.05, 4.69) is 40.3 Å². The second-order valence-corrected chi connectivity index (χ2v) is 4.52. The number of hydrogen-bond acceptors (Lipinski definition) is 2. The van der Waals surface area contributed by atoms with Crippen molar-refractivity contribution in [1.82, 2.24) is 5.32 Å². The first-order valence-electron chi connectivity index (χ1n) is 4.89. The van der Waals surface area contributed by atoms with Crippen molar-refractivity contribution in [2.45, 2.75) is 19.4 Å². The molecule has 1 heterocycles. The van der Waals surface area contributed by atoms with Crippen LogP contribution < -0.4 is 10.1 Å². The van der Waals surface area contributed by atoms with Crippen molar-refractivity contribution in [3.8, 4) is 5.75 Å². The van der Waals surface area contributed by atoms with Crippen LogP contribution in [0.3, 0.4) is 0 Å². The van der Waals surface area contributed by atoms with Gasteiger partial charge in [-0.3, -0.25) is 0 Å². The van der Waals surface area contributed by atoms with Crippen LogP contribution in [0.1, 0.15) is 12.0 Å². The highest BCUT2D eigenvalue weighted by Gasteiger charge is 2.16. The number of aryl methyl sites for hydroxylation is 1. The molecule has 1 saturated heterocycles. The summed E-state index contributed by atoms with van der Waals surface area (Å²) in [7, 11) is 0. The topological polar surface area (TPSA) is 21.3 Å². The summed E-state index contributed by atoms with van der Waals surface area (Å²) in [5.41, 5.74) is 1.24. The maximum Gasteiger partial charge on any atom is 0.133 e. The van der Waals surface area contributed by atoms with Gasteiger partial charge in [0.25, 0.3) is 0 Å². The SMILES string of the molecule is Cc1ccc(O[C@H]2CCNC2)c(Br)c1. The van der Waals surface area contributed by atoms with E-state index < -0.39 is 0 Å². The minimum atomic E-state index is 0.328. The molecule has 1 fully saturated rings. The van der Waals surface area contributed by atoms with Gasteiger partial charge in [0.05, 0.1) is 4.47 Å². The molecule has 0 aliphatic carbocycles. The predicted octanol–water partition coefficient (Wildman–Crippen LogP) is 2.50. The molecule has 0 radical (unpaired) electrons. The number of hydrogen-bond donors (Lipinski definition) is 1. The summed E-state index contributed by atoms with van der Waals surface area (Å²) in [5.74, 6) is 0.948. The number of nitrogens with one attached hydrogen (secondary N) is 1. The van der Waals surface area contributed by atoms with Gasteiger partial charge in [-0.05, 0) is 53.5 Å². The molecule has 2 nitrogen and oxygen atoms in total. The molecule has 1 aromatic rings. The smallest absolute Gasteiger partial charge is 0.133 e. The van der Waals surface area contributed by atoms with Crippen molar-refractivity contribution in [3.05, 3.63) is 28.2 Å². The highest BCUT2D eigenvalue weighted by molar-refractivity contribution is 9.10. The maximum absolute atomic E-state index is 5.85. The van der Waals surface area contributed by atoms with E-state index in [0.717, 1.165) is 29.7 Å². The Hall–Kier alpha value is -0.540. The Morgan fingerprint density at radius 1 is 1.50 bits per heavy atom. The van der Waals surface area contributed by atoms with Gasteiger partial charge in [0, 0.05) is 6.54 Å². The van der Waals surface area contributed by atoms with Crippen LogP contribution >= 0.6 is 15.9 Å². The average Bonchev–Trinajstić information content (AvgIpc) is 2.62. The van der Waals surface area contributed by atoms with Crippen LogP contribution in [0.5, 0.6) is 5.75 Å². The maximum atomic E-state index is 5.85. The van der Waals surface area contributed by atoms with Gasteiger partial charge in [-0.15, -0.1) is 0 Å². The molecule has 0 saturated carbocycles. The number of rotatable bonds is 2. The largest absolute Gasteiger partial charge is 0.488 e. The third kappa shape index (κ3) is 2.28. The van der Waals surface area contributed by atoms with E-state index in [1.807, 2.05) is 6.07 Å². The fourth-order valence-electron chi connectivity index (χ4n) is 1.61. The molecule has 1 N–H and O–H groups in total. The van der Waals surface area contributed by atoms with Gasteiger partial charge < -0.3 is 10.1 Å². The Kier molecular flexibility index (Phi) is 3.08. The monoisotopic (exact) mass is 255 g/mol. The van der Waals surface area contributed by atoms with Crippen LogP contribution in [0.4, 0.5) is 0 Å². The van der Waals surface area contributed by atoms with Gasteiger partial charge in [0.15, 0.2) is 0 Å². The lowest BCUT2D eigenvalue weighted by Crippen LogP contribution is -2.19. The first-order valence-corrected chi connectivity index (χ1v) is 5.68. The Bertz CT molecular complexity index is 321. The van der Waals surface area contributed by atoms with Crippen LogP contribution in [0, 0.1) is 6.92 Å². The van der Waals surface area contributed by atoms with Crippen molar-refractivity contribution >= 4 is 15.9 Å². The molecule has 1 atom stereocenters. The molecule has 0 bridgehead atoms. The fourth-order valence-corrected chi connectivity index (χ4v) is 2.20.